The Balaban J connectivity index is 4.03. The molecule has 0 saturated heterocycles. The van der Waals surface area contributed by atoms with Gasteiger partial charge in [0.25, 0.3) is 0 Å². The smallest absolute Gasteiger partial charge is 0.462 e. The summed E-state index contributed by atoms with van der Waals surface area (Å²) in [5.41, 5.74) is 5.35. The van der Waals surface area contributed by atoms with Crippen molar-refractivity contribution in [2.75, 3.05) is 26.4 Å². The molecule has 0 fully saturated rings. The molecule has 59 heavy (non-hydrogen) atoms. The van der Waals surface area contributed by atoms with Crippen LogP contribution in [0.3, 0.4) is 0 Å². The lowest BCUT2D eigenvalue weighted by molar-refractivity contribution is -0.161. The first kappa shape index (κ1) is 56.7. The van der Waals surface area contributed by atoms with E-state index in [-0.39, 0.29) is 32.6 Å². The zero-order valence-electron chi connectivity index (χ0n) is 37.7. The molecule has 3 N–H and O–H groups in total. The number of phosphoric acid groups is 1. The number of carbonyl (C=O) groups excluding carboxylic acids is 2. The van der Waals surface area contributed by atoms with Gasteiger partial charge in [-0.2, -0.15) is 0 Å². The van der Waals surface area contributed by atoms with Crippen molar-refractivity contribution < 1.29 is 37.6 Å². The zero-order valence-corrected chi connectivity index (χ0v) is 38.6. The predicted molar refractivity (Wildman–Crippen MR) is 247 cm³/mol. The van der Waals surface area contributed by atoms with Gasteiger partial charge in [0.1, 0.15) is 6.61 Å². The van der Waals surface area contributed by atoms with E-state index in [1.165, 1.54) is 109 Å². The van der Waals surface area contributed by atoms with Gasteiger partial charge in [-0.1, -0.05) is 177 Å². The number of rotatable bonds is 44. The molecule has 0 spiro atoms. The van der Waals surface area contributed by atoms with Crippen LogP contribution >= 0.6 is 7.82 Å². The van der Waals surface area contributed by atoms with Crippen LogP contribution in [0, 0.1) is 0 Å². The molecule has 0 radical (unpaired) electrons. The lowest BCUT2D eigenvalue weighted by Gasteiger charge is -2.19. The van der Waals surface area contributed by atoms with E-state index in [0.717, 1.165) is 64.2 Å². The summed E-state index contributed by atoms with van der Waals surface area (Å²) in [5, 5.41) is 0. The van der Waals surface area contributed by atoms with Gasteiger partial charge in [-0.05, 0) is 77.0 Å². The van der Waals surface area contributed by atoms with Gasteiger partial charge >= 0.3 is 19.8 Å². The van der Waals surface area contributed by atoms with E-state index in [9.17, 15) is 19.0 Å². The minimum atomic E-state index is -4.39. The summed E-state index contributed by atoms with van der Waals surface area (Å²) in [5.74, 6) is -0.864. The maximum atomic E-state index is 12.6. The van der Waals surface area contributed by atoms with Gasteiger partial charge < -0.3 is 20.1 Å². The van der Waals surface area contributed by atoms with E-state index in [1.807, 2.05) is 0 Å². The molecule has 0 aromatic heterocycles. The lowest BCUT2D eigenvalue weighted by Crippen LogP contribution is -2.29. The van der Waals surface area contributed by atoms with E-state index in [4.69, 9.17) is 24.3 Å². The number of unbranched alkanes of at least 4 members (excludes halogenated alkanes) is 21. The van der Waals surface area contributed by atoms with Crippen LogP contribution < -0.4 is 5.73 Å². The Morgan fingerprint density at radius 1 is 0.525 bits per heavy atom. The SMILES string of the molecule is CC/C=C\C/C=C\C/C=C\CCCCCC(=O)OC(COC(=O)CCCCCCCCCCCCCCC/C=C\C/C=C\CCCCCCC)COP(=O)(O)OCCN. The van der Waals surface area contributed by atoms with Crippen molar-refractivity contribution >= 4 is 19.8 Å². The summed E-state index contributed by atoms with van der Waals surface area (Å²) in [6.45, 7) is 3.57. The van der Waals surface area contributed by atoms with Crippen LogP contribution in [0.15, 0.2) is 60.8 Å². The number of hydrogen-bond acceptors (Lipinski definition) is 8. The Kier molecular flexibility index (Phi) is 43.5. The monoisotopic (exact) mass is 850 g/mol. The van der Waals surface area contributed by atoms with Crippen LogP contribution in [0.1, 0.15) is 206 Å². The molecule has 0 rings (SSSR count). The van der Waals surface area contributed by atoms with Crippen LogP contribution in [-0.4, -0.2) is 49.3 Å². The summed E-state index contributed by atoms with van der Waals surface area (Å²) in [4.78, 5) is 34.9. The van der Waals surface area contributed by atoms with E-state index in [0.29, 0.717) is 6.42 Å². The fraction of sp³-hybridized carbons (Fsp3) is 0.755. The number of allylic oxidation sites excluding steroid dienone is 10. The van der Waals surface area contributed by atoms with Crippen LogP contribution in [0.2, 0.25) is 0 Å². The number of phosphoric ester groups is 1. The molecule has 0 aliphatic carbocycles. The molecule has 0 aliphatic heterocycles. The third kappa shape index (κ3) is 45.1. The lowest BCUT2D eigenvalue weighted by atomic mass is 10.0. The average molecular weight is 850 g/mol. The van der Waals surface area contributed by atoms with Crippen molar-refractivity contribution in [3.63, 3.8) is 0 Å². The molecular formula is C49H88NO8P. The summed E-state index contributed by atoms with van der Waals surface area (Å²) < 4.78 is 32.8. The fourth-order valence-electron chi connectivity index (χ4n) is 6.39. The number of hydrogen-bond donors (Lipinski definition) is 2. The number of nitrogens with two attached hydrogens (primary N) is 1. The number of carbonyl (C=O) groups is 2. The molecule has 0 saturated carbocycles. The Hall–Kier alpha value is -2.29. The fourth-order valence-corrected chi connectivity index (χ4v) is 7.15. The van der Waals surface area contributed by atoms with Crippen molar-refractivity contribution in [2.45, 2.75) is 213 Å². The molecule has 0 aromatic rings. The molecule has 0 aromatic carbocycles. The molecule has 0 bridgehead atoms. The molecule has 2 atom stereocenters. The van der Waals surface area contributed by atoms with E-state index in [2.05, 4.69) is 74.6 Å². The Morgan fingerprint density at radius 3 is 1.41 bits per heavy atom. The van der Waals surface area contributed by atoms with Gasteiger partial charge in [0.2, 0.25) is 0 Å². The summed E-state index contributed by atoms with van der Waals surface area (Å²) in [7, 11) is -4.39. The maximum Gasteiger partial charge on any atom is 0.472 e. The van der Waals surface area contributed by atoms with Gasteiger partial charge in [-0.3, -0.25) is 18.6 Å². The summed E-state index contributed by atoms with van der Waals surface area (Å²) in [6.07, 6.45) is 54.1. The summed E-state index contributed by atoms with van der Waals surface area (Å²) in [6, 6.07) is 0. The van der Waals surface area contributed by atoms with Crippen molar-refractivity contribution in [2.24, 2.45) is 5.73 Å². The first-order valence-electron chi connectivity index (χ1n) is 23.8. The number of ether oxygens (including phenoxy) is 2. The molecular weight excluding hydrogens is 762 g/mol. The Bertz CT molecular complexity index is 1150. The second-order valence-electron chi connectivity index (χ2n) is 15.6. The second-order valence-corrected chi connectivity index (χ2v) is 17.0. The van der Waals surface area contributed by atoms with Gasteiger partial charge in [-0.25, -0.2) is 4.57 Å². The second kappa shape index (κ2) is 45.2. The Morgan fingerprint density at radius 2 is 0.932 bits per heavy atom. The molecule has 9 nitrogen and oxygen atoms in total. The quantitative estimate of drug-likeness (QED) is 0.0266. The molecule has 10 heteroatoms. The van der Waals surface area contributed by atoms with E-state index in [1.54, 1.807) is 0 Å². The summed E-state index contributed by atoms with van der Waals surface area (Å²) >= 11 is 0. The first-order chi connectivity index (χ1) is 28.8. The van der Waals surface area contributed by atoms with Crippen LogP contribution in [0.25, 0.3) is 0 Å². The highest BCUT2D eigenvalue weighted by atomic mass is 31.2. The third-order valence-electron chi connectivity index (χ3n) is 9.89. The van der Waals surface area contributed by atoms with Crippen LogP contribution in [0.4, 0.5) is 0 Å². The number of esters is 2. The van der Waals surface area contributed by atoms with Crippen molar-refractivity contribution in [3.05, 3.63) is 60.8 Å². The first-order valence-corrected chi connectivity index (χ1v) is 25.3. The standard InChI is InChI=1S/C49H88NO8P/c1-3-5-7-9-11-13-15-17-18-19-20-21-22-23-24-25-26-27-28-30-31-33-35-37-39-41-48(51)55-45-47(46-57-59(53,54)56-44-43-50)58-49(52)42-40-38-36-34-32-29-16-14-12-10-8-6-4-2/h6,8,12,14-15,17,19-20,29,32,47H,3-5,7,9-11,13,16,18,21-28,30-31,33-46,50H2,1-2H3,(H,53,54)/b8-6-,14-12-,17-15-,20-19-,32-29-. The van der Waals surface area contributed by atoms with Gasteiger partial charge in [0, 0.05) is 19.4 Å². The molecule has 2 unspecified atom stereocenters. The maximum absolute atomic E-state index is 12.6. The highest BCUT2D eigenvalue weighted by molar-refractivity contribution is 7.47. The normalized spacial score (nSPS) is 13.8. The minimum absolute atomic E-state index is 0.0464. The van der Waals surface area contributed by atoms with E-state index < -0.39 is 32.5 Å². The van der Waals surface area contributed by atoms with Crippen molar-refractivity contribution in [1.82, 2.24) is 0 Å². The van der Waals surface area contributed by atoms with Crippen molar-refractivity contribution in [1.29, 1.82) is 0 Å². The predicted octanol–water partition coefficient (Wildman–Crippen LogP) is 14.1. The third-order valence-corrected chi connectivity index (χ3v) is 10.9. The molecule has 342 valence electrons. The van der Waals surface area contributed by atoms with Crippen LogP contribution in [0.5, 0.6) is 0 Å². The van der Waals surface area contributed by atoms with Gasteiger partial charge in [-0.15, -0.1) is 0 Å². The van der Waals surface area contributed by atoms with Crippen LogP contribution in [-0.2, 0) is 32.7 Å². The average Bonchev–Trinajstić information content (AvgIpc) is 3.22. The zero-order chi connectivity index (χ0) is 43.2. The van der Waals surface area contributed by atoms with E-state index >= 15 is 0 Å². The minimum Gasteiger partial charge on any atom is -0.462 e. The van der Waals surface area contributed by atoms with Gasteiger partial charge in [0.15, 0.2) is 6.10 Å². The topological polar surface area (TPSA) is 134 Å². The Labute approximate surface area is 361 Å². The highest BCUT2D eigenvalue weighted by Crippen LogP contribution is 2.43. The molecule has 0 heterocycles. The molecule has 0 amide bonds. The highest BCUT2D eigenvalue weighted by Gasteiger charge is 2.26. The largest absolute Gasteiger partial charge is 0.472 e. The van der Waals surface area contributed by atoms with Gasteiger partial charge in [0.05, 0.1) is 13.2 Å². The molecule has 0 aliphatic rings. The van der Waals surface area contributed by atoms with Crippen molar-refractivity contribution in [3.8, 4) is 0 Å².